The zero-order valence-electron chi connectivity index (χ0n) is 24.7. The predicted octanol–water partition coefficient (Wildman–Crippen LogP) is 5.18. The van der Waals surface area contributed by atoms with E-state index in [1.807, 2.05) is 12.1 Å². The number of benzene rings is 2. The SMILES string of the molecule is COC(=O)C[C@@]12C[C@@]3(O[Si](C)(C)C(C)(C)C)COc4cc(OC(=O)c5ccccc5)ccc4[C@H]3[C@]1(CC(=O)OC)O2. The molecule has 0 unspecified atom stereocenters. The van der Waals surface area contributed by atoms with Crippen molar-refractivity contribution in [3.8, 4) is 11.5 Å². The Hall–Kier alpha value is -3.21. The van der Waals surface area contributed by atoms with Gasteiger partial charge in [0.15, 0.2) is 8.32 Å². The summed E-state index contributed by atoms with van der Waals surface area (Å²) >= 11 is 0. The number of carbonyl (C=O) groups is 3. The van der Waals surface area contributed by atoms with Gasteiger partial charge < -0.3 is 28.1 Å². The molecule has 1 saturated carbocycles. The van der Waals surface area contributed by atoms with E-state index in [0.29, 0.717) is 23.5 Å². The number of hydrogen-bond acceptors (Lipinski definition) is 9. The molecule has 0 amide bonds. The van der Waals surface area contributed by atoms with E-state index >= 15 is 0 Å². The van der Waals surface area contributed by atoms with Gasteiger partial charge in [-0.1, -0.05) is 45.0 Å². The van der Waals surface area contributed by atoms with Crippen LogP contribution in [0.2, 0.25) is 18.1 Å². The lowest BCUT2D eigenvalue weighted by Gasteiger charge is -2.50. The molecule has 0 N–H and O–H groups in total. The Morgan fingerprint density at radius 3 is 2.27 bits per heavy atom. The second-order valence-electron chi connectivity index (χ2n) is 12.8. The molecule has 0 spiro atoms. The third-order valence-corrected chi connectivity index (χ3v) is 13.8. The molecule has 1 aliphatic carbocycles. The van der Waals surface area contributed by atoms with E-state index in [4.69, 9.17) is 28.1 Å². The van der Waals surface area contributed by atoms with E-state index < -0.39 is 48.9 Å². The second kappa shape index (κ2) is 9.96. The average molecular weight is 583 g/mol. The van der Waals surface area contributed by atoms with Gasteiger partial charge in [0.1, 0.15) is 34.9 Å². The molecule has 0 aromatic heterocycles. The van der Waals surface area contributed by atoms with Crippen LogP contribution in [-0.2, 0) is 28.2 Å². The van der Waals surface area contributed by atoms with Gasteiger partial charge in [0.05, 0.1) is 38.5 Å². The van der Waals surface area contributed by atoms with Crippen molar-refractivity contribution in [3.05, 3.63) is 59.7 Å². The van der Waals surface area contributed by atoms with Crippen LogP contribution >= 0.6 is 0 Å². The van der Waals surface area contributed by atoms with E-state index in [9.17, 15) is 14.4 Å². The molecule has 4 atom stereocenters. The molecule has 0 radical (unpaired) electrons. The monoisotopic (exact) mass is 582 g/mol. The zero-order valence-corrected chi connectivity index (χ0v) is 25.7. The summed E-state index contributed by atoms with van der Waals surface area (Å²) in [5.74, 6) is -0.967. The van der Waals surface area contributed by atoms with Crippen LogP contribution in [0.15, 0.2) is 48.5 Å². The highest BCUT2D eigenvalue weighted by Gasteiger charge is 2.86. The molecular weight excluding hydrogens is 544 g/mol. The van der Waals surface area contributed by atoms with Gasteiger partial charge in [-0.3, -0.25) is 9.59 Å². The molecule has 2 heterocycles. The van der Waals surface area contributed by atoms with E-state index in [1.165, 1.54) is 14.2 Å². The summed E-state index contributed by atoms with van der Waals surface area (Å²) in [5.41, 5.74) is -1.71. The van der Waals surface area contributed by atoms with Gasteiger partial charge in [0.25, 0.3) is 0 Å². The van der Waals surface area contributed by atoms with Gasteiger partial charge in [-0.05, 0) is 36.3 Å². The van der Waals surface area contributed by atoms with Gasteiger partial charge in [-0.2, -0.15) is 0 Å². The van der Waals surface area contributed by atoms with Crippen LogP contribution in [0.4, 0.5) is 0 Å². The number of hydrogen-bond donors (Lipinski definition) is 0. The number of esters is 3. The van der Waals surface area contributed by atoms with E-state index in [0.717, 1.165) is 5.56 Å². The summed E-state index contributed by atoms with van der Waals surface area (Å²) in [6.45, 7) is 11.0. The molecular formula is C31H38O9Si. The van der Waals surface area contributed by atoms with Crippen LogP contribution in [0.3, 0.4) is 0 Å². The lowest BCUT2D eigenvalue weighted by Crippen LogP contribution is -2.57. The van der Waals surface area contributed by atoms with Crippen LogP contribution < -0.4 is 9.47 Å². The van der Waals surface area contributed by atoms with E-state index in [1.54, 1.807) is 36.4 Å². The molecule has 220 valence electrons. The summed E-state index contributed by atoms with van der Waals surface area (Å²) in [4.78, 5) is 38.1. The van der Waals surface area contributed by atoms with E-state index in [2.05, 4.69) is 33.9 Å². The van der Waals surface area contributed by atoms with Crippen LogP contribution in [0.25, 0.3) is 0 Å². The fourth-order valence-electron chi connectivity index (χ4n) is 6.32. The maximum atomic E-state index is 12.8. The third kappa shape index (κ3) is 4.85. The lowest BCUT2D eigenvalue weighted by atomic mass is 9.75. The van der Waals surface area contributed by atoms with Crippen molar-refractivity contribution < 1.29 is 42.5 Å². The van der Waals surface area contributed by atoms with Crippen molar-refractivity contribution >= 4 is 26.2 Å². The van der Waals surface area contributed by atoms with Crippen molar-refractivity contribution in [1.82, 2.24) is 0 Å². The van der Waals surface area contributed by atoms with Crippen molar-refractivity contribution in [2.75, 3.05) is 20.8 Å². The van der Waals surface area contributed by atoms with Crippen molar-refractivity contribution in [2.45, 2.75) is 80.9 Å². The van der Waals surface area contributed by atoms with E-state index in [-0.39, 0.29) is 24.5 Å². The summed E-state index contributed by atoms with van der Waals surface area (Å²) in [7, 11) is 0.286. The maximum absolute atomic E-state index is 12.8. The Morgan fingerprint density at radius 2 is 1.63 bits per heavy atom. The summed E-state index contributed by atoms with van der Waals surface area (Å²) in [5, 5.41) is -0.110. The van der Waals surface area contributed by atoms with Crippen LogP contribution in [0, 0.1) is 0 Å². The molecule has 3 aliphatic rings. The highest BCUT2D eigenvalue weighted by molar-refractivity contribution is 6.74. The molecule has 2 aliphatic heterocycles. The highest BCUT2D eigenvalue weighted by Crippen LogP contribution is 2.75. The standard InChI is InChI=1S/C31H38O9Si/c1-28(2,3)41(6,7)40-29-18-30(16-24(32)35-4)31(39-30,17-25(33)36-5)26(29)22-14-13-21(15-23(22)37-19-29)38-27(34)20-11-9-8-10-12-20/h8-15,26H,16-19H2,1-7H3/t26-,29-,30-,31+/m1/s1. The van der Waals surface area contributed by atoms with Gasteiger partial charge in [0, 0.05) is 18.1 Å². The highest BCUT2D eigenvalue weighted by atomic mass is 28.4. The first-order valence-electron chi connectivity index (χ1n) is 13.8. The topological polar surface area (TPSA) is 110 Å². The minimum atomic E-state index is -2.39. The molecule has 2 aromatic carbocycles. The normalized spacial score (nSPS) is 27.9. The number of rotatable bonds is 8. The minimum Gasteiger partial charge on any atom is -0.490 e. The van der Waals surface area contributed by atoms with Gasteiger partial charge in [0.2, 0.25) is 0 Å². The quantitative estimate of drug-likeness (QED) is 0.180. The van der Waals surface area contributed by atoms with Crippen LogP contribution in [0.5, 0.6) is 11.5 Å². The first-order chi connectivity index (χ1) is 19.2. The Labute approximate surface area is 241 Å². The van der Waals surface area contributed by atoms with Crippen LogP contribution in [0.1, 0.15) is 61.9 Å². The summed E-state index contributed by atoms with van der Waals surface area (Å²) in [6.07, 6.45) is 0.271. The number of methoxy groups -OCH3 is 2. The third-order valence-electron chi connectivity index (χ3n) is 9.23. The Bertz CT molecular complexity index is 1370. The lowest BCUT2D eigenvalue weighted by molar-refractivity contribution is -0.143. The Kier molecular flexibility index (Phi) is 7.11. The molecule has 1 saturated heterocycles. The molecule has 5 rings (SSSR count). The van der Waals surface area contributed by atoms with Crippen molar-refractivity contribution in [3.63, 3.8) is 0 Å². The van der Waals surface area contributed by atoms with Crippen molar-refractivity contribution in [2.24, 2.45) is 0 Å². The maximum Gasteiger partial charge on any atom is 0.343 e. The van der Waals surface area contributed by atoms with Gasteiger partial charge in [-0.15, -0.1) is 0 Å². The zero-order chi connectivity index (χ0) is 29.8. The second-order valence-corrected chi connectivity index (χ2v) is 17.5. The first kappa shape index (κ1) is 29.3. The smallest absolute Gasteiger partial charge is 0.343 e. The number of epoxide rings is 1. The Balaban J connectivity index is 1.58. The number of ether oxygens (including phenoxy) is 5. The Morgan fingerprint density at radius 1 is 0.976 bits per heavy atom. The molecule has 0 bridgehead atoms. The molecule has 9 nitrogen and oxygen atoms in total. The predicted molar refractivity (Wildman–Crippen MR) is 152 cm³/mol. The fourth-order valence-corrected chi connectivity index (χ4v) is 7.89. The van der Waals surface area contributed by atoms with Gasteiger partial charge in [-0.25, -0.2) is 4.79 Å². The van der Waals surface area contributed by atoms with Crippen LogP contribution in [-0.4, -0.2) is 63.9 Å². The fraction of sp³-hybridized carbons (Fsp3) is 0.516. The molecule has 2 aromatic rings. The average Bonchev–Trinajstić information content (AvgIpc) is 3.44. The number of carbonyl (C=O) groups excluding carboxylic acids is 3. The molecule has 2 fully saturated rings. The molecule has 41 heavy (non-hydrogen) atoms. The van der Waals surface area contributed by atoms with Crippen molar-refractivity contribution in [1.29, 1.82) is 0 Å². The summed E-state index contributed by atoms with van der Waals surface area (Å²) < 4.78 is 35.8. The number of fused-ring (bicyclic) bond motifs is 5. The molecule has 10 heteroatoms. The van der Waals surface area contributed by atoms with Gasteiger partial charge >= 0.3 is 17.9 Å². The minimum absolute atomic E-state index is 0.0261. The largest absolute Gasteiger partial charge is 0.490 e. The summed E-state index contributed by atoms with van der Waals surface area (Å²) in [6, 6.07) is 14.0. The first-order valence-corrected chi connectivity index (χ1v) is 16.7.